The van der Waals surface area contributed by atoms with E-state index in [-0.39, 0.29) is 0 Å². The Kier molecular flexibility index (Phi) is 8.47. The van der Waals surface area contributed by atoms with Crippen molar-refractivity contribution in [3.63, 3.8) is 0 Å². The molecule has 0 aliphatic rings. The molecule has 162 valence electrons. The summed E-state index contributed by atoms with van der Waals surface area (Å²) in [6, 6.07) is 17.2. The maximum absolute atomic E-state index is 6.49. The summed E-state index contributed by atoms with van der Waals surface area (Å²) in [6.45, 7) is 5.24. The molecule has 0 unspecified atom stereocenters. The van der Waals surface area contributed by atoms with Crippen LogP contribution in [0.4, 0.5) is 0 Å². The molecule has 0 heterocycles. The standard InChI is InChI=1S/C24H23Cl3N2O2/c1-3-30-23-12-18(13-28-29-14-19-20(25)5-4-6-21(19)26)11-22(27)24(23)31-15-17-9-7-16(2)8-10-17/h4-13,29H,3,14-15H2,1-2H3/b28-13+. The van der Waals surface area contributed by atoms with E-state index in [1.165, 1.54) is 5.56 Å². The van der Waals surface area contributed by atoms with Gasteiger partial charge in [-0.3, -0.25) is 0 Å². The molecule has 0 amide bonds. The molecule has 3 aromatic rings. The Morgan fingerprint density at radius 2 is 1.65 bits per heavy atom. The monoisotopic (exact) mass is 476 g/mol. The first-order chi connectivity index (χ1) is 15.0. The van der Waals surface area contributed by atoms with E-state index in [0.717, 1.165) is 16.7 Å². The van der Waals surface area contributed by atoms with E-state index in [1.54, 1.807) is 30.5 Å². The minimum atomic E-state index is 0.396. The fourth-order valence-corrected chi connectivity index (χ4v) is 3.66. The molecule has 0 saturated carbocycles. The Bertz CT molecular complexity index is 1030. The molecule has 1 N–H and O–H groups in total. The zero-order chi connectivity index (χ0) is 22.2. The molecule has 31 heavy (non-hydrogen) atoms. The van der Waals surface area contributed by atoms with Gasteiger partial charge in [0.2, 0.25) is 0 Å². The van der Waals surface area contributed by atoms with Gasteiger partial charge in [0.15, 0.2) is 11.5 Å². The molecule has 4 nitrogen and oxygen atoms in total. The highest BCUT2D eigenvalue weighted by Gasteiger charge is 2.13. The smallest absolute Gasteiger partial charge is 0.180 e. The number of ether oxygens (including phenoxy) is 2. The van der Waals surface area contributed by atoms with Crippen molar-refractivity contribution in [3.8, 4) is 11.5 Å². The van der Waals surface area contributed by atoms with Crippen LogP contribution in [-0.4, -0.2) is 12.8 Å². The number of benzene rings is 3. The summed E-state index contributed by atoms with van der Waals surface area (Å²) in [5, 5.41) is 5.88. The number of aryl methyl sites for hydroxylation is 1. The van der Waals surface area contributed by atoms with E-state index in [1.807, 2.05) is 44.2 Å². The predicted octanol–water partition coefficient (Wildman–Crippen LogP) is 7.06. The maximum atomic E-state index is 6.49. The van der Waals surface area contributed by atoms with E-state index < -0.39 is 0 Å². The zero-order valence-electron chi connectivity index (χ0n) is 17.3. The molecule has 0 bridgehead atoms. The van der Waals surface area contributed by atoms with E-state index in [2.05, 4.69) is 10.5 Å². The Morgan fingerprint density at radius 1 is 0.935 bits per heavy atom. The molecule has 3 rings (SSSR count). The van der Waals surface area contributed by atoms with Crippen LogP contribution in [0.2, 0.25) is 15.1 Å². The molecule has 0 aromatic heterocycles. The lowest BCUT2D eigenvalue weighted by molar-refractivity contribution is 0.269. The van der Waals surface area contributed by atoms with Crippen molar-refractivity contribution in [2.45, 2.75) is 27.0 Å². The lowest BCUT2D eigenvalue weighted by Crippen LogP contribution is -2.07. The lowest BCUT2D eigenvalue weighted by Gasteiger charge is -2.14. The Labute approximate surface area is 197 Å². The van der Waals surface area contributed by atoms with Gasteiger partial charge in [0.25, 0.3) is 0 Å². The average molecular weight is 478 g/mol. The van der Waals surface area contributed by atoms with Gasteiger partial charge in [-0.25, -0.2) is 0 Å². The molecular formula is C24H23Cl3N2O2. The van der Waals surface area contributed by atoms with Crippen LogP contribution in [0.15, 0.2) is 59.7 Å². The van der Waals surface area contributed by atoms with E-state index in [9.17, 15) is 0 Å². The number of hydrazone groups is 1. The van der Waals surface area contributed by atoms with Crippen molar-refractivity contribution in [1.82, 2.24) is 5.43 Å². The second kappa shape index (κ2) is 11.3. The van der Waals surface area contributed by atoms with E-state index in [4.69, 9.17) is 44.3 Å². The van der Waals surface area contributed by atoms with Gasteiger partial charge in [0.1, 0.15) is 6.61 Å². The van der Waals surface area contributed by atoms with Crippen LogP contribution in [0.3, 0.4) is 0 Å². The van der Waals surface area contributed by atoms with Crippen LogP contribution >= 0.6 is 34.8 Å². The van der Waals surface area contributed by atoms with Crippen molar-refractivity contribution in [2.24, 2.45) is 5.10 Å². The first kappa shape index (κ1) is 23.3. The van der Waals surface area contributed by atoms with Crippen molar-refractivity contribution in [1.29, 1.82) is 0 Å². The van der Waals surface area contributed by atoms with Crippen molar-refractivity contribution >= 4 is 41.0 Å². The van der Waals surface area contributed by atoms with Gasteiger partial charge in [-0.15, -0.1) is 0 Å². The van der Waals surface area contributed by atoms with Gasteiger partial charge < -0.3 is 14.9 Å². The summed E-state index contributed by atoms with van der Waals surface area (Å²) in [5.41, 5.74) is 6.77. The highest BCUT2D eigenvalue weighted by atomic mass is 35.5. The maximum Gasteiger partial charge on any atom is 0.180 e. The Morgan fingerprint density at radius 3 is 2.32 bits per heavy atom. The van der Waals surface area contributed by atoms with Crippen LogP contribution in [0, 0.1) is 6.92 Å². The van der Waals surface area contributed by atoms with Crippen molar-refractivity contribution in [3.05, 3.63) is 91.9 Å². The number of hydrogen-bond acceptors (Lipinski definition) is 4. The average Bonchev–Trinajstić information content (AvgIpc) is 2.74. The molecule has 0 spiro atoms. The van der Waals surface area contributed by atoms with Gasteiger partial charge in [-0.05, 0) is 49.2 Å². The van der Waals surface area contributed by atoms with Gasteiger partial charge in [0, 0.05) is 15.6 Å². The molecule has 0 aliphatic carbocycles. The molecule has 0 fully saturated rings. The fourth-order valence-electron chi connectivity index (χ4n) is 2.85. The van der Waals surface area contributed by atoms with Gasteiger partial charge in [-0.2, -0.15) is 5.10 Å². The van der Waals surface area contributed by atoms with E-state index >= 15 is 0 Å². The summed E-state index contributed by atoms with van der Waals surface area (Å²) >= 11 is 18.8. The number of rotatable bonds is 9. The quantitative estimate of drug-likeness (QED) is 0.265. The first-order valence-electron chi connectivity index (χ1n) is 9.81. The summed E-state index contributed by atoms with van der Waals surface area (Å²) in [6.07, 6.45) is 1.66. The normalized spacial score (nSPS) is 11.0. The third-order valence-electron chi connectivity index (χ3n) is 4.46. The van der Waals surface area contributed by atoms with Gasteiger partial charge in [0.05, 0.1) is 24.4 Å². The molecule has 0 atom stereocenters. The third kappa shape index (κ3) is 6.54. The number of halogens is 3. The molecule has 7 heteroatoms. The largest absolute Gasteiger partial charge is 0.490 e. The Balaban J connectivity index is 1.70. The number of hydrogen-bond donors (Lipinski definition) is 1. The summed E-state index contributed by atoms with van der Waals surface area (Å²) in [7, 11) is 0. The summed E-state index contributed by atoms with van der Waals surface area (Å²) in [4.78, 5) is 0. The predicted molar refractivity (Wildman–Crippen MR) is 129 cm³/mol. The van der Waals surface area contributed by atoms with Crippen molar-refractivity contribution < 1.29 is 9.47 Å². The second-order valence-corrected chi connectivity index (χ2v) is 8.05. The summed E-state index contributed by atoms with van der Waals surface area (Å²) < 4.78 is 11.7. The topological polar surface area (TPSA) is 42.8 Å². The molecule has 3 aromatic carbocycles. The third-order valence-corrected chi connectivity index (χ3v) is 5.45. The second-order valence-electron chi connectivity index (χ2n) is 6.83. The molecule has 0 saturated heterocycles. The lowest BCUT2D eigenvalue weighted by atomic mass is 10.1. The van der Waals surface area contributed by atoms with Gasteiger partial charge >= 0.3 is 0 Å². The van der Waals surface area contributed by atoms with E-state index in [0.29, 0.717) is 46.3 Å². The van der Waals surface area contributed by atoms with Crippen molar-refractivity contribution in [2.75, 3.05) is 6.61 Å². The van der Waals surface area contributed by atoms with Crippen LogP contribution in [-0.2, 0) is 13.2 Å². The zero-order valence-corrected chi connectivity index (χ0v) is 19.6. The first-order valence-corrected chi connectivity index (χ1v) is 10.9. The van der Waals surface area contributed by atoms with Gasteiger partial charge in [-0.1, -0.05) is 70.7 Å². The minimum absolute atomic E-state index is 0.396. The fraction of sp³-hybridized carbons (Fsp3) is 0.208. The number of nitrogens with one attached hydrogen (secondary N) is 1. The Hall–Kier alpha value is -2.40. The van der Waals surface area contributed by atoms with Crippen LogP contribution < -0.4 is 14.9 Å². The van der Waals surface area contributed by atoms with Crippen LogP contribution in [0.5, 0.6) is 11.5 Å². The highest BCUT2D eigenvalue weighted by Crippen LogP contribution is 2.37. The highest BCUT2D eigenvalue weighted by molar-refractivity contribution is 6.36. The summed E-state index contributed by atoms with van der Waals surface area (Å²) in [5.74, 6) is 1.08. The number of nitrogens with zero attached hydrogens (tertiary/aromatic N) is 1. The minimum Gasteiger partial charge on any atom is -0.490 e. The SMILES string of the molecule is CCOc1cc(/C=N/NCc2c(Cl)cccc2Cl)cc(Cl)c1OCc1ccc(C)cc1. The molecule has 0 aliphatic heterocycles. The molecule has 0 radical (unpaired) electrons. The van der Waals surface area contributed by atoms with Crippen LogP contribution in [0.1, 0.15) is 29.2 Å². The van der Waals surface area contributed by atoms with Crippen LogP contribution in [0.25, 0.3) is 0 Å². The molecular weight excluding hydrogens is 455 g/mol.